The Hall–Kier alpha value is -3.24. The molecule has 150 valence electrons. The van der Waals surface area contributed by atoms with Crippen LogP contribution in [0.15, 0.2) is 83.7 Å². The first-order chi connectivity index (χ1) is 14.7. The van der Waals surface area contributed by atoms with Crippen LogP contribution >= 0.6 is 0 Å². The Kier molecular flexibility index (Phi) is 4.93. The zero-order valence-electron chi connectivity index (χ0n) is 17.2. The van der Waals surface area contributed by atoms with Crippen molar-refractivity contribution in [1.29, 1.82) is 0 Å². The maximum atomic E-state index is 13.3. The van der Waals surface area contributed by atoms with Gasteiger partial charge >= 0.3 is 0 Å². The Morgan fingerprint density at radius 1 is 0.933 bits per heavy atom. The highest BCUT2D eigenvalue weighted by Crippen LogP contribution is 2.29. The van der Waals surface area contributed by atoms with Crippen molar-refractivity contribution in [2.24, 2.45) is 0 Å². The Balaban J connectivity index is 1.56. The number of hydrogen-bond acceptors (Lipinski definition) is 3. The minimum absolute atomic E-state index is 0.0276. The smallest absolute Gasteiger partial charge is 0.275 e. The summed E-state index contributed by atoms with van der Waals surface area (Å²) in [6, 6.07) is 27.0. The molecule has 1 fully saturated rings. The summed E-state index contributed by atoms with van der Waals surface area (Å²) in [6.45, 7) is 3.45. The lowest BCUT2D eigenvalue weighted by Crippen LogP contribution is -2.35. The number of aromatic nitrogens is 2. The van der Waals surface area contributed by atoms with Crippen molar-refractivity contribution in [3.05, 3.63) is 100 Å². The van der Waals surface area contributed by atoms with Crippen molar-refractivity contribution in [1.82, 2.24) is 14.7 Å². The first kappa shape index (κ1) is 18.8. The maximum absolute atomic E-state index is 13.3. The predicted molar refractivity (Wildman–Crippen MR) is 121 cm³/mol. The Bertz CT molecular complexity index is 1240. The molecule has 1 aliphatic rings. The van der Waals surface area contributed by atoms with Crippen LogP contribution < -0.4 is 5.56 Å². The summed E-state index contributed by atoms with van der Waals surface area (Å²) in [5, 5.41) is 6.47. The fourth-order valence-electron chi connectivity index (χ4n) is 4.09. The van der Waals surface area contributed by atoms with Gasteiger partial charge < -0.3 is 0 Å². The third-order valence-corrected chi connectivity index (χ3v) is 5.76. The van der Waals surface area contributed by atoms with E-state index in [1.54, 1.807) is 4.68 Å². The monoisotopic (exact) mass is 395 g/mol. The van der Waals surface area contributed by atoms with E-state index in [9.17, 15) is 4.79 Å². The van der Waals surface area contributed by atoms with Gasteiger partial charge in [-0.25, -0.2) is 4.68 Å². The number of rotatable bonds is 6. The van der Waals surface area contributed by atoms with Crippen molar-refractivity contribution in [3.63, 3.8) is 0 Å². The van der Waals surface area contributed by atoms with E-state index in [4.69, 9.17) is 5.10 Å². The lowest BCUT2D eigenvalue weighted by molar-refractivity contribution is 0.184. The van der Waals surface area contributed by atoms with Gasteiger partial charge in [-0.05, 0) is 31.4 Å². The molecule has 0 aliphatic heterocycles. The van der Waals surface area contributed by atoms with Crippen molar-refractivity contribution in [2.75, 3.05) is 0 Å². The van der Waals surface area contributed by atoms with Crippen LogP contribution in [0.5, 0.6) is 0 Å². The molecule has 1 saturated carbocycles. The molecule has 0 atom stereocenters. The molecule has 4 nitrogen and oxygen atoms in total. The predicted octanol–water partition coefficient (Wildman–Crippen LogP) is 4.99. The molecule has 5 rings (SSSR count). The van der Waals surface area contributed by atoms with Crippen LogP contribution in [0.25, 0.3) is 22.0 Å². The molecule has 3 aromatic carbocycles. The fourth-order valence-corrected chi connectivity index (χ4v) is 4.09. The third kappa shape index (κ3) is 3.79. The quantitative estimate of drug-likeness (QED) is 0.461. The first-order valence-electron chi connectivity index (χ1n) is 10.5. The Labute approximate surface area is 176 Å². The second kappa shape index (κ2) is 7.88. The molecule has 0 amide bonds. The van der Waals surface area contributed by atoms with Crippen molar-refractivity contribution in [3.8, 4) is 11.3 Å². The highest BCUT2D eigenvalue weighted by molar-refractivity contribution is 5.93. The number of hydrogen-bond donors (Lipinski definition) is 0. The average molecular weight is 396 g/mol. The summed E-state index contributed by atoms with van der Waals surface area (Å²) in [7, 11) is 0. The SMILES string of the molecule is Cc1cccc(CN(Cn2nc(-c3ccccc3)c3ccccc3c2=O)C2CC2)c1. The van der Waals surface area contributed by atoms with Crippen LogP contribution in [-0.2, 0) is 13.2 Å². The summed E-state index contributed by atoms with van der Waals surface area (Å²) in [6.07, 6.45) is 2.36. The largest absolute Gasteiger partial charge is 0.277 e. The van der Waals surface area contributed by atoms with E-state index < -0.39 is 0 Å². The van der Waals surface area contributed by atoms with Crippen molar-refractivity contribution in [2.45, 2.75) is 39.0 Å². The number of nitrogens with zero attached hydrogens (tertiary/aromatic N) is 3. The van der Waals surface area contributed by atoms with Crippen molar-refractivity contribution >= 4 is 10.8 Å². The van der Waals surface area contributed by atoms with E-state index in [-0.39, 0.29) is 5.56 Å². The molecule has 0 unspecified atom stereocenters. The molecule has 4 heteroatoms. The van der Waals surface area contributed by atoms with E-state index in [1.165, 1.54) is 24.0 Å². The topological polar surface area (TPSA) is 38.1 Å². The van der Waals surface area contributed by atoms with Gasteiger partial charge in [0.2, 0.25) is 0 Å². The highest BCUT2D eigenvalue weighted by Gasteiger charge is 2.30. The molecular weight excluding hydrogens is 370 g/mol. The van der Waals surface area contributed by atoms with Gasteiger partial charge in [0.15, 0.2) is 0 Å². The summed E-state index contributed by atoms with van der Waals surface area (Å²) < 4.78 is 1.65. The summed E-state index contributed by atoms with van der Waals surface area (Å²) in [5.74, 6) is 0. The molecule has 0 spiro atoms. The third-order valence-electron chi connectivity index (χ3n) is 5.76. The van der Waals surface area contributed by atoms with Crippen LogP contribution in [0.1, 0.15) is 24.0 Å². The molecule has 1 aromatic heterocycles. The van der Waals surface area contributed by atoms with Gasteiger partial charge in [0.05, 0.1) is 17.7 Å². The van der Waals surface area contributed by atoms with Crippen LogP contribution in [0.2, 0.25) is 0 Å². The molecule has 0 N–H and O–H groups in total. The number of benzene rings is 3. The van der Waals surface area contributed by atoms with Gasteiger partial charge in [0.1, 0.15) is 0 Å². The van der Waals surface area contributed by atoms with Crippen LogP contribution in [-0.4, -0.2) is 20.7 Å². The van der Waals surface area contributed by atoms with E-state index in [0.717, 1.165) is 28.6 Å². The Morgan fingerprint density at radius 2 is 1.67 bits per heavy atom. The van der Waals surface area contributed by atoms with E-state index >= 15 is 0 Å². The molecule has 1 heterocycles. The number of aryl methyl sites for hydroxylation is 1. The molecule has 30 heavy (non-hydrogen) atoms. The summed E-state index contributed by atoms with van der Waals surface area (Å²) in [5.41, 5.74) is 4.39. The van der Waals surface area contributed by atoms with Gasteiger partial charge in [-0.1, -0.05) is 78.4 Å². The zero-order valence-corrected chi connectivity index (χ0v) is 17.2. The molecule has 0 bridgehead atoms. The Morgan fingerprint density at radius 3 is 2.40 bits per heavy atom. The van der Waals surface area contributed by atoms with Gasteiger partial charge in [-0.2, -0.15) is 5.10 Å². The van der Waals surface area contributed by atoms with Gasteiger partial charge in [0.25, 0.3) is 5.56 Å². The highest BCUT2D eigenvalue weighted by atomic mass is 16.1. The van der Waals surface area contributed by atoms with Crippen molar-refractivity contribution < 1.29 is 0 Å². The lowest BCUT2D eigenvalue weighted by Gasteiger charge is -2.23. The second-order valence-corrected chi connectivity index (χ2v) is 8.17. The molecule has 0 saturated heterocycles. The summed E-state index contributed by atoms with van der Waals surface area (Å²) in [4.78, 5) is 15.7. The van der Waals surface area contributed by atoms with Gasteiger partial charge in [-0.3, -0.25) is 9.69 Å². The standard InChI is InChI=1S/C26H25N3O/c1-19-8-7-9-20(16-19)17-28(22-14-15-22)18-29-26(30)24-13-6-5-12-23(24)25(27-29)21-10-3-2-4-11-21/h2-13,16,22H,14-15,17-18H2,1H3. The van der Waals surface area contributed by atoms with E-state index in [2.05, 4.69) is 48.2 Å². The lowest BCUT2D eigenvalue weighted by atomic mass is 10.1. The van der Waals surface area contributed by atoms with Crippen LogP contribution in [0.3, 0.4) is 0 Å². The minimum atomic E-state index is -0.0276. The fraction of sp³-hybridized carbons (Fsp3) is 0.231. The molecule has 4 aromatic rings. The molecular formula is C26H25N3O. The normalized spacial score (nSPS) is 13.8. The first-order valence-corrected chi connectivity index (χ1v) is 10.5. The average Bonchev–Trinajstić information content (AvgIpc) is 3.61. The van der Waals surface area contributed by atoms with E-state index in [1.807, 2.05) is 42.5 Å². The number of fused-ring (bicyclic) bond motifs is 1. The second-order valence-electron chi connectivity index (χ2n) is 8.17. The molecule has 0 radical (unpaired) electrons. The molecule has 1 aliphatic carbocycles. The maximum Gasteiger partial charge on any atom is 0.275 e. The minimum Gasteiger partial charge on any atom is -0.277 e. The zero-order chi connectivity index (χ0) is 20.5. The van der Waals surface area contributed by atoms with Gasteiger partial charge in [-0.15, -0.1) is 0 Å². The van der Waals surface area contributed by atoms with Gasteiger partial charge in [0, 0.05) is 23.5 Å². The van der Waals surface area contributed by atoms with Crippen LogP contribution in [0.4, 0.5) is 0 Å². The summed E-state index contributed by atoms with van der Waals surface area (Å²) >= 11 is 0. The van der Waals surface area contributed by atoms with Crippen LogP contribution in [0, 0.1) is 6.92 Å². The van der Waals surface area contributed by atoms with E-state index in [0.29, 0.717) is 12.7 Å².